The average molecular weight is 378 g/mol. The molecule has 3 rings (SSSR count). The third kappa shape index (κ3) is 4.63. The lowest BCUT2D eigenvalue weighted by Crippen LogP contribution is -2.44. The highest BCUT2D eigenvalue weighted by Gasteiger charge is 2.37. The Morgan fingerprint density at radius 3 is 2.81 bits per heavy atom. The average Bonchev–Trinajstić information content (AvgIpc) is 3.19. The van der Waals surface area contributed by atoms with E-state index in [-0.39, 0.29) is 11.9 Å². The van der Waals surface area contributed by atoms with E-state index in [4.69, 9.17) is 16.1 Å². The molecule has 1 N–H and O–H groups in total. The lowest BCUT2D eigenvalue weighted by molar-refractivity contribution is -0.135. The molecule has 0 bridgehead atoms. The third-order valence-electron chi connectivity index (χ3n) is 4.70. The van der Waals surface area contributed by atoms with E-state index in [9.17, 15) is 9.90 Å². The molecule has 1 aliphatic rings. The van der Waals surface area contributed by atoms with Gasteiger partial charge in [-0.1, -0.05) is 28.9 Å². The number of aliphatic hydroxyl groups is 1. The van der Waals surface area contributed by atoms with Gasteiger partial charge < -0.3 is 14.5 Å². The molecule has 1 fully saturated rings. The van der Waals surface area contributed by atoms with Crippen molar-refractivity contribution < 1.29 is 14.4 Å². The number of carbonyl (C=O) groups excluding carboxylic acids is 1. The zero-order chi connectivity index (χ0) is 18.7. The number of likely N-dealkylation sites (N-methyl/N-ethyl adjacent to an activating group) is 1. The van der Waals surface area contributed by atoms with E-state index in [0.29, 0.717) is 37.5 Å². The SMILES string of the molecule is Cc1cc(CCN2C[C@H](O)C[C@H]2C(=O)N(C)Cc2ccc(Cl)cc2)on1. The molecule has 1 aromatic heterocycles. The molecule has 1 saturated heterocycles. The van der Waals surface area contributed by atoms with E-state index in [1.165, 1.54) is 0 Å². The molecule has 1 aliphatic heterocycles. The lowest BCUT2D eigenvalue weighted by Gasteiger charge is -2.27. The molecule has 2 atom stereocenters. The summed E-state index contributed by atoms with van der Waals surface area (Å²) in [4.78, 5) is 16.6. The number of halogens is 1. The first-order valence-corrected chi connectivity index (χ1v) is 9.14. The maximum atomic E-state index is 12.9. The Morgan fingerprint density at radius 1 is 1.42 bits per heavy atom. The van der Waals surface area contributed by atoms with Crippen LogP contribution in [0.4, 0.5) is 0 Å². The summed E-state index contributed by atoms with van der Waals surface area (Å²) in [5.74, 6) is 0.815. The Kier molecular flexibility index (Phi) is 5.96. The van der Waals surface area contributed by atoms with Crippen LogP contribution in [0.2, 0.25) is 5.02 Å². The normalized spacial score (nSPS) is 20.5. The molecule has 0 aliphatic carbocycles. The van der Waals surface area contributed by atoms with Crippen LogP contribution in [-0.2, 0) is 17.8 Å². The second-order valence-electron chi connectivity index (χ2n) is 6.91. The van der Waals surface area contributed by atoms with E-state index >= 15 is 0 Å². The molecular weight excluding hydrogens is 354 g/mol. The summed E-state index contributed by atoms with van der Waals surface area (Å²) in [5, 5.41) is 14.6. The molecule has 1 amide bonds. The minimum Gasteiger partial charge on any atom is -0.392 e. The molecule has 0 radical (unpaired) electrons. The monoisotopic (exact) mass is 377 g/mol. The predicted molar refractivity (Wildman–Crippen MR) is 98.9 cm³/mol. The summed E-state index contributed by atoms with van der Waals surface area (Å²) in [6, 6.07) is 9.06. The van der Waals surface area contributed by atoms with E-state index in [0.717, 1.165) is 17.0 Å². The zero-order valence-corrected chi connectivity index (χ0v) is 15.8. The lowest BCUT2D eigenvalue weighted by atomic mass is 10.1. The highest BCUT2D eigenvalue weighted by molar-refractivity contribution is 6.30. The van der Waals surface area contributed by atoms with E-state index in [2.05, 4.69) is 5.16 Å². The zero-order valence-electron chi connectivity index (χ0n) is 15.1. The van der Waals surface area contributed by atoms with Crippen LogP contribution < -0.4 is 0 Å². The highest BCUT2D eigenvalue weighted by Crippen LogP contribution is 2.21. The number of amides is 1. The van der Waals surface area contributed by atoms with Crippen LogP contribution in [0.3, 0.4) is 0 Å². The summed E-state index contributed by atoms with van der Waals surface area (Å²) < 4.78 is 5.24. The number of nitrogens with zero attached hydrogens (tertiary/aromatic N) is 3. The van der Waals surface area contributed by atoms with Gasteiger partial charge in [0.15, 0.2) is 0 Å². The first-order valence-electron chi connectivity index (χ1n) is 8.76. The van der Waals surface area contributed by atoms with Gasteiger partial charge in [0.25, 0.3) is 0 Å². The summed E-state index contributed by atoms with van der Waals surface area (Å²) in [5.41, 5.74) is 1.87. The number of hydrogen-bond donors (Lipinski definition) is 1. The minimum atomic E-state index is -0.482. The van der Waals surface area contributed by atoms with Crippen LogP contribution in [0, 0.1) is 6.92 Å². The van der Waals surface area contributed by atoms with Crippen molar-refractivity contribution in [2.24, 2.45) is 0 Å². The molecule has 0 spiro atoms. The maximum absolute atomic E-state index is 12.9. The number of aromatic nitrogens is 1. The van der Waals surface area contributed by atoms with E-state index in [1.807, 2.05) is 42.2 Å². The smallest absolute Gasteiger partial charge is 0.240 e. The van der Waals surface area contributed by atoms with Gasteiger partial charge in [0.05, 0.1) is 17.8 Å². The van der Waals surface area contributed by atoms with Gasteiger partial charge in [-0.3, -0.25) is 9.69 Å². The maximum Gasteiger partial charge on any atom is 0.240 e. The molecule has 26 heavy (non-hydrogen) atoms. The Bertz CT molecular complexity index is 747. The summed E-state index contributed by atoms with van der Waals surface area (Å²) in [7, 11) is 1.79. The molecule has 0 unspecified atom stereocenters. The van der Waals surface area contributed by atoms with Gasteiger partial charge in [0.2, 0.25) is 5.91 Å². The van der Waals surface area contributed by atoms with Crippen LogP contribution in [-0.4, -0.2) is 58.3 Å². The number of β-amino-alcohol motifs (C(OH)–C–C–N with tert-alkyl or cyclic N) is 1. The van der Waals surface area contributed by atoms with Crippen molar-refractivity contribution in [3.63, 3.8) is 0 Å². The van der Waals surface area contributed by atoms with Gasteiger partial charge in [0.1, 0.15) is 5.76 Å². The molecule has 2 heterocycles. The van der Waals surface area contributed by atoms with Gasteiger partial charge >= 0.3 is 0 Å². The number of hydrogen-bond acceptors (Lipinski definition) is 5. The summed E-state index contributed by atoms with van der Waals surface area (Å²) in [6.07, 6.45) is 0.640. The second kappa shape index (κ2) is 8.20. The van der Waals surface area contributed by atoms with Gasteiger partial charge in [-0.2, -0.15) is 0 Å². The van der Waals surface area contributed by atoms with Gasteiger partial charge in [-0.25, -0.2) is 0 Å². The van der Waals surface area contributed by atoms with Crippen molar-refractivity contribution in [1.82, 2.24) is 15.0 Å². The number of benzene rings is 1. The fourth-order valence-corrected chi connectivity index (χ4v) is 3.49. The predicted octanol–water partition coefficient (Wildman–Crippen LogP) is 2.27. The van der Waals surface area contributed by atoms with Gasteiger partial charge in [-0.15, -0.1) is 0 Å². The molecule has 1 aromatic carbocycles. The Morgan fingerprint density at radius 2 is 2.15 bits per heavy atom. The molecule has 7 heteroatoms. The van der Waals surface area contributed by atoms with Crippen LogP contribution in [0.25, 0.3) is 0 Å². The van der Waals surface area contributed by atoms with E-state index in [1.54, 1.807) is 11.9 Å². The van der Waals surface area contributed by atoms with Crippen molar-refractivity contribution in [3.05, 3.63) is 52.4 Å². The summed E-state index contributed by atoms with van der Waals surface area (Å²) >= 11 is 5.91. The quantitative estimate of drug-likeness (QED) is 0.836. The van der Waals surface area contributed by atoms with Crippen LogP contribution in [0.1, 0.15) is 23.4 Å². The third-order valence-corrected chi connectivity index (χ3v) is 4.95. The Balaban J connectivity index is 1.60. The van der Waals surface area contributed by atoms with Crippen molar-refractivity contribution in [2.75, 3.05) is 20.1 Å². The molecule has 6 nitrogen and oxygen atoms in total. The summed E-state index contributed by atoms with van der Waals surface area (Å²) in [6.45, 7) is 3.54. The number of rotatable bonds is 6. The van der Waals surface area contributed by atoms with Crippen molar-refractivity contribution in [2.45, 2.75) is 38.5 Å². The fourth-order valence-electron chi connectivity index (χ4n) is 3.37. The first-order chi connectivity index (χ1) is 12.4. The minimum absolute atomic E-state index is 0.0188. The number of carbonyl (C=O) groups is 1. The van der Waals surface area contributed by atoms with Crippen molar-refractivity contribution in [1.29, 1.82) is 0 Å². The fraction of sp³-hybridized carbons (Fsp3) is 0.474. The van der Waals surface area contributed by atoms with Crippen LogP contribution in [0.5, 0.6) is 0 Å². The van der Waals surface area contributed by atoms with Crippen molar-refractivity contribution in [3.8, 4) is 0 Å². The first kappa shape index (κ1) is 18.9. The second-order valence-corrected chi connectivity index (χ2v) is 7.34. The molecule has 0 saturated carbocycles. The van der Waals surface area contributed by atoms with Crippen LogP contribution >= 0.6 is 11.6 Å². The van der Waals surface area contributed by atoms with E-state index < -0.39 is 6.10 Å². The van der Waals surface area contributed by atoms with Crippen LogP contribution in [0.15, 0.2) is 34.9 Å². The van der Waals surface area contributed by atoms with Crippen molar-refractivity contribution >= 4 is 17.5 Å². The van der Waals surface area contributed by atoms with Gasteiger partial charge in [-0.05, 0) is 31.0 Å². The molecule has 140 valence electrons. The number of likely N-dealkylation sites (tertiary alicyclic amines) is 1. The van der Waals surface area contributed by atoms with Gasteiger partial charge in [0, 0.05) is 44.2 Å². The Labute approximate surface area is 158 Å². The Hall–Kier alpha value is -1.89. The standard InChI is InChI=1S/C19H24ClN3O3/c1-13-9-17(26-21-13)7-8-23-12-16(24)10-18(23)19(25)22(2)11-14-3-5-15(20)6-4-14/h3-6,9,16,18,24H,7-8,10-12H2,1-2H3/t16-,18+/m1/s1. The largest absolute Gasteiger partial charge is 0.392 e. The molecular formula is C19H24ClN3O3. The highest BCUT2D eigenvalue weighted by atomic mass is 35.5. The number of aryl methyl sites for hydroxylation is 1. The number of aliphatic hydroxyl groups excluding tert-OH is 1. The molecule has 2 aromatic rings. The topological polar surface area (TPSA) is 69.8 Å².